The fourth-order valence-electron chi connectivity index (χ4n) is 1.71. The molecule has 18 heavy (non-hydrogen) atoms. The fourth-order valence-corrected chi connectivity index (χ4v) is 1.71. The fraction of sp³-hybridized carbons (Fsp3) is 0.636. The average Bonchev–Trinajstić information content (AvgIpc) is 2.13. The summed E-state index contributed by atoms with van der Waals surface area (Å²) >= 11 is 0. The quantitative estimate of drug-likeness (QED) is 0.875. The molecular weight excluding hydrogens is 245 g/mol. The van der Waals surface area contributed by atoms with Crippen LogP contribution in [0, 0.1) is 0 Å². The molecule has 0 fully saturated rings. The Morgan fingerprint density at radius 3 is 2.39 bits per heavy atom. The molecule has 1 aromatic rings. The van der Waals surface area contributed by atoms with Crippen LogP contribution < -0.4 is 11.1 Å². The van der Waals surface area contributed by atoms with E-state index >= 15 is 0 Å². The SMILES string of the molecule is CCCC(C)(C)Nc1cc(C(F)(F)F)nc(N)n1. The van der Waals surface area contributed by atoms with Gasteiger partial charge < -0.3 is 11.1 Å². The van der Waals surface area contributed by atoms with E-state index in [0.717, 1.165) is 18.9 Å². The Morgan fingerprint density at radius 1 is 1.28 bits per heavy atom. The minimum atomic E-state index is -4.53. The van der Waals surface area contributed by atoms with Crippen LogP contribution in [0.2, 0.25) is 0 Å². The minimum absolute atomic E-state index is 0.0910. The van der Waals surface area contributed by atoms with Crippen molar-refractivity contribution in [2.75, 3.05) is 11.1 Å². The molecule has 1 rings (SSSR count). The molecule has 4 nitrogen and oxygen atoms in total. The molecule has 0 radical (unpaired) electrons. The van der Waals surface area contributed by atoms with Gasteiger partial charge in [-0.1, -0.05) is 13.3 Å². The number of alkyl halides is 3. The van der Waals surface area contributed by atoms with Crippen LogP contribution in [0.3, 0.4) is 0 Å². The molecule has 0 atom stereocenters. The van der Waals surface area contributed by atoms with Crippen molar-refractivity contribution in [2.45, 2.75) is 45.3 Å². The van der Waals surface area contributed by atoms with Crippen molar-refractivity contribution in [2.24, 2.45) is 0 Å². The lowest BCUT2D eigenvalue weighted by molar-refractivity contribution is -0.141. The molecular formula is C11H17F3N4. The number of rotatable bonds is 4. The third-order valence-electron chi connectivity index (χ3n) is 2.38. The summed E-state index contributed by atoms with van der Waals surface area (Å²) in [5, 5.41) is 2.94. The average molecular weight is 262 g/mol. The van der Waals surface area contributed by atoms with E-state index in [2.05, 4.69) is 15.3 Å². The summed E-state index contributed by atoms with van der Waals surface area (Å²) in [6, 6.07) is 0.869. The highest BCUT2D eigenvalue weighted by Crippen LogP contribution is 2.30. The highest BCUT2D eigenvalue weighted by Gasteiger charge is 2.34. The number of nitrogen functional groups attached to an aromatic ring is 1. The van der Waals surface area contributed by atoms with Gasteiger partial charge in [-0.2, -0.15) is 18.2 Å². The Balaban J connectivity index is 3.00. The largest absolute Gasteiger partial charge is 0.433 e. The van der Waals surface area contributed by atoms with E-state index in [1.54, 1.807) is 0 Å². The number of aromatic nitrogens is 2. The lowest BCUT2D eigenvalue weighted by atomic mass is 9.99. The number of nitrogens with one attached hydrogen (secondary N) is 1. The Labute approximate surface area is 104 Å². The molecule has 0 spiro atoms. The van der Waals surface area contributed by atoms with Gasteiger partial charge in [-0.25, -0.2) is 4.98 Å². The molecule has 3 N–H and O–H groups in total. The monoisotopic (exact) mass is 262 g/mol. The molecule has 1 aromatic heterocycles. The van der Waals surface area contributed by atoms with Crippen LogP contribution in [-0.2, 0) is 6.18 Å². The summed E-state index contributed by atoms with van der Waals surface area (Å²) in [5.41, 5.74) is 3.90. The summed E-state index contributed by atoms with van der Waals surface area (Å²) in [4.78, 5) is 6.95. The Bertz CT molecular complexity index is 415. The molecule has 0 unspecified atom stereocenters. The Kier molecular flexibility index (Phi) is 4.03. The number of hydrogen-bond donors (Lipinski definition) is 2. The summed E-state index contributed by atoms with van der Waals surface area (Å²) < 4.78 is 37.7. The standard InChI is InChI=1S/C11H17F3N4/c1-4-5-10(2,3)18-8-6-7(11(12,13)14)16-9(15)17-8/h6H,4-5H2,1-3H3,(H3,15,16,17,18). The first-order valence-corrected chi connectivity index (χ1v) is 5.64. The zero-order chi connectivity index (χ0) is 14.0. The van der Waals surface area contributed by atoms with Gasteiger partial charge in [0.2, 0.25) is 5.95 Å². The van der Waals surface area contributed by atoms with Crippen LogP contribution in [0.15, 0.2) is 6.07 Å². The van der Waals surface area contributed by atoms with Crippen molar-refractivity contribution in [1.82, 2.24) is 9.97 Å². The van der Waals surface area contributed by atoms with E-state index in [1.807, 2.05) is 20.8 Å². The zero-order valence-electron chi connectivity index (χ0n) is 10.6. The van der Waals surface area contributed by atoms with E-state index in [9.17, 15) is 13.2 Å². The van der Waals surface area contributed by atoms with Crippen LogP contribution in [0.5, 0.6) is 0 Å². The van der Waals surface area contributed by atoms with Crippen molar-refractivity contribution >= 4 is 11.8 Å². The van der Waals surface area contributed by atoms with Gasteiger partial charge in [-0.15, -0.1) is 0 Å². The molecule has 102 valence electrons. The van der Waals surface area contributed by atoms with E-state index in [-0.39, 0.29) is 17.3 Å². The molecule has 0 aliphatic carbocycles. The predicted molar refractivity (Wildman–Crippen MR) is 64.1 cm³/mol. The third kappa shape index (κ3) is 4.05. The molecule has 0 aliphatic heterocycles. The van der Waals surface area contributed by atoms with E-state index < -0.39 is 11.9 Å². The predicted octanol–water partition coefficient (Wildman–Crippen LogP) is 3.07. The van der Waals surface area contributed by atoms with Crippen molar-refractivity contribution in [3.8, 4) is 0 Å². The Morgan fingerprint density at radius 2 is 1.89 bits per heavy atom. The molecule has 0 aliphatic rings. The third-order valence-corrected chi connectivity index (χ3v) is 2.38. The molecule has 0 aromatic carbocycles. The zero-order valence-corrected chi connectivity index (χ0v) is 10.6. The molecule has 0 bridgehead atoms. The van der Waals surface area contributed by atoms with E-state index in [1.165, 1.54) is 0 Å². The highest BCUT2D eigenvalue weighted by atomic mass is 19.4. The first-order valence-electron chi connectivity index (χ1n) is 5.64. The summed E-state index contributed by atoms with van der Waals surface area (Å²) in [7, 11) is 0. The van der Waals surface area contributed by atoms with Gasteiger partial charge in [0.15, 0.2) is 5.69 Å². The van der Waals surface area contributed by atoms with Gasteiger partial charge in [0.1, 0.15) is 5.82 Å². The molecule has 0 saturated heterocycles. The highest BCUT2D eigenvalue weighted by molar-refractivity contribution is 5.43. The van der Waals surface area contributed by atoms with E-state index in [4.69, 9.17) is 5.73 Å². The van der Waals surface area contributed by atoms with Crippen molar-refractivity contribution < 1.29 is 13.2 Å². The van der Waals surface area contributed by atoms with Gasteiger partial charge in [0.05, 0.1) is 0 Å². The van der Waals surface area contributed by atoms with Gasteiger partial charge in [-0.05, 0) is 20.3 Å². The van der Waals surface area contributed by atoms with Crippen LogP contribution in [0.25, 0.3) is 0 Å². The molecule has 7 heteroatoms. The lowest BCUT2D eigenvalue weighted by Crippen LogP contribution is -2.31. The van der Waals surface area contributed by atoms with Crippen molar-refractivity contribution in [3.63, 3.8) is 0 Å². The van der Waals surface area contributed by atoms with Gasteiger partial charge in [0.25, 0.3) is 0 Å². The second kappa shape index (κ2) is 4.99. The number of halogens is 3. The van der Waals surface area contributed by atoms with E-state index in [0.29, 0.717) is 0 Å². The van der Waals surface area contributed by atoms with Crippen LogP contribution in [0.1, 0.15) is 39.3 Å². The molecule has 1 heterocycles. The molecule has 0 saturated carbocycles. The number of hydrogen-bond acceptors (Lipinski definition) is 4. The molecule has 0 amide bonds. The van der Waals surface area contributed by atoms with Gasteiger partial charge in [-0.3, -0.25) is 0 Å². The summed E-state index contributed by atoms with van der Waals surface area (Å²) in [6.45, 7) is 5.78. The lowest BCUT2D eigenvalue weighted by Gasteiger charge is -2.26. The summed E-state index contributed by atoms with van der Waals surface area (Å²) in [5.74, 6) is -0.298. The number of nitrogens with two attached hydrogens (primary N) is 1. The first-order chi connectivity index (χ1) is 8.14. The number of anilines is 2. The Hall–Kier alpha value is -1.53. The van der Waals surface area contributed by atoms with Crippen molar-refractivity contribution in [3.05, 3.63) is 11.8 Å². The minimum Gasteiger partial charge on any atom is -0.368 e. The maximum atomic E-state index is 12.6. The van der Waals surface area contributed by atoms with Crippen molar-refractivity contribution in [1.29, 1.82) is 0 Å². The van der Waals surface area contributed by atoms with Crippen LogP contribution in [0.4, 0.5) is 24.9 Å². The normalized spacial score (nSPS) is 12.6. The second-order valence-electron chi connectivity index (χ2n) is 4.75. The topological polar surface area (TPSA) is 63.8 Å². The van der Waals surface area contributed by atoms with Gasteiger partial charge in [0, 0.05) is 11.6 Å². The van der Waals surface area contributed by atoms with Crippen LogP contribution in [-0.4, -0.2) is 15.5 Å². The smallest absolute Gasteiger partial charge is 0.368 e. The maximum Gasteiger partial charge on any atom is 0.433 e. The number of nitrogens with zero attached hydrogens (tertiary/aromatic N) is 2. The second-order valence-corrected chi connectivity index (χ2v) is 4.75. The summed E-state index contributed by atoms with van der Waals surface area (Å²) in [6.07, 6.45) is -2.81. The first kappa shape index (κ1) is 14.5. The van der Waals surface area contributed by atoms with Crippen LogP contribution >= 0.6 is 0 Å². The maximum absolute atomic E-state index is 12.6. The van der Waals surface area contributed by atoms with Gasteiger partial charge >= 0.3 is 6.18 Å².